The van der Waals surface area contributed by atoms with Gasteiger partial charge in [0.25, 0.3) is 0 Å². The van der Waals surface area contributed by atoms with Crippen molar-refractivity contribution >= 4 is 17.4 Å². The molecule has 6 nitrogen and oxygen atoms in total. The summed E-state index contributed by atoms with van der Waals surface area (Å²) >= 11 is 6.68. The predicted molar refractivity (Wildman–Crippen MR) is 120 cm³/mol. The minimum absolute atomic E-state index is 0.169. The molecule has 3 aromatic rings. The molecule has 2 aromatic heterocycles. The van der Waals surface area contributed by atoms with Gasteiger partial charge in [0, 0.05) is 52.3 Å². The van der Waals surface area contributed by atoms with E-state index >= 15 is 0 Å². The van der Waals surface area contributed by atoms with Crippen molar-refractivity contribution in [2.24, 2.45) is 0 Å². The van der Waals surface area contributed by atoms with Crippen LogP contribution in [0.1, 0.15) is 56.6 Å². The number of carbonyl (C=O) groups excluding carboxylic acids is 1. The Labute approximate surface area is 180 Å². The molecule has 7 heteroatoms. The van der Waals surface area contributed by atoms with Gasteiger partial charge in [-0.05, 0) is 52.3 Å². The minimum atomic E-state index is -0.274. The molecular formula is C23H25ClN4O2. The van der Waals surface area contributed by atoms with Crippen molar-refractivity contribution < 1.29 is 4.79 Å². The number of pyridine rings is 1. The highest BCUT2D eigenvalue weighted by molar-refractivity contribution is 6.33. The summed E-state index contributed by atoms with van der Waals surface area (Å²) < 4.78 is 3.82. The largest absolute Gasteiger partial charge is 0.306 e. The lowest BCUT2D eigenvalue weighted by atomic mass is 9.96. The Morgan fingerprint density at radius 1 is 1.07 bits per heavy atom. The van der Waals surface area contributed by atoms with Crippen LogP contribution in [0.5, 0.6) is 0 Å². The highest BCUT2D eigenvalue weighted by Gasteiger charge is 2.26. The summed E-state index contributed by atoms with van der Waals surface area (Å²) in [7, 11) is 0. The average Bonchev–Trinajstić information content (AvgIpc) is 3.16. The van der Waals surface area contributed by atoms with Crippen LogP contribution in [-0.4, -0.2) is 26.3 Å². The van der Waals surface area contributed by atoms with Crippen LogP contribution in [0.25, 0.3) is 22.4 Å². The summed E-state index contributed by atoms with van der Waals surface area (Å²) in [6.45, 7) is 10.4. The van der Waals surface area contributed by atoms with E-state index in [1.165, 1.54) is 13.0 Å². The number of nitrogens with zero attached hydrogens (tertiary/aromatic N) is 4. The van der Waals surface area contributed by atoms with Gasteiger partial charge in [0.15, 0.2) is 11.2 Å². The number of aromatic nitrogens is 3. The van der Waals surface area contributed by atoms with Gasteiger partial charge in [-0.2, -0.15) is 5.10 Å². The van der Waals surface area contributed by atoms with Crippen LogP contribution in [0.2, 0.25) is 5.02 Å². The van der Waals surface area contributed by atoms with E-state index in [4.69, 9.17) is 11.6 Å². The lowest BCUT2D eigenvalue weighted by Gasteiger charge is -2.38. The van der Waals surface area contributed by atoms with Gasteiger partial charge in [-0.1, -0.05) is 11.6 Å². The van der Waals surface area contributed by atoms with Gasteiger partial charge in [0.2, 0.25) is 0 Å². The van der Waals surface area contributed by atoms with Gasteiger partial charge in [-0.15, -0.1) is 0 Å². The van der Waals surface area contributed by atoms with Crippen LogP contribution in [0.15, 0.2) is 41.6 Å². The van der Waals surface area contributed by atoms with Gasteiger partial charge in [-0.3, -0.25) is 18.9 Å². The van der Waals surface area contributed by atoms with E-state index in [1.54, 1.807) is 6.20 Å². The standard InChI is InChI=1S/C23H25ClN4O2/c1-13(2)26-10-17(9-25-26)18-6-16-11-27(14(3)4)28-12-20(15(5)29)23(30)8-22(28)19(16)7-21(18)24/h6-10,12-14H,11H2,1-5H3. The number of ketones is 1. The number of carbonyl (C=O) groups is 1. The summed E-state index contributed by atoms with van der Waals surface area (Å²) in [5, 5.41) is 7.17. The summed E-state index contributed by atoms with van der Waals surface area (Å²) in [5.41, 5.74) is 4.52. The fraction of sp³-hybridized carbons (Fsp3) is 0.348. The van der Waals surface area contributed by atoms with Gasteiger partial charge in [0.05, 0.1) is 24.0 Å². The zero-order chi connectivity index (χ0) is 21.7. The Morgan fingerprint density at radius 2 is 1.80 bits per heavy atom. The van der Waals surface area contributed by atoms with Crippen molar-refractivity contribution in [3.05, 3.63) is 63.2 Å². The maximum atomic E-state index is 12.6. The molecule has 0 spiro atoms. The van der Waals surface area contributed by atoms with E-state index in [2.05, 4.69) is 43.9 Å². The first-order valence-corrected chi connectivity index (χ1v) is 10.5. The molecule has 0 bridgehead atoms. The maximum absolute atomic E-state index is 12.6. The molecule has 0 aliphatic carbocycles. The Bertz CT molecular complexity index is 1210. The number of fused-ring (bicyclic) bond motifs is 3. The second-order valence-corrected chi connectivity index (χ2v) is 8.73. The Hall–Kier alpha value is -2.86. The van der Waals surface area contributed by atoms with Gasteiger partial charge >= 0.3 is 0 Å². The quantitative estimate of drug-likeness (QED) is 0.571. The van der Waals surface area contributed by atoms with Crippen molar-refractivity contribution in [2.45, 2.75) is 53.2 Å². The highest BCUT2D eigenvalue weighted by Crippen LogP contribution is 2.38. The first-order valence-electron chi connectivity index (χ1n) is 10.1. The normalized spacial score (nSPS) is 13.0. The number of hydrogen-bond donors (Lipinski definition) is 0. The zero-order valence-corrected chi connectivity index (χ0v) is 18.6. The summed E-state index contributed by atoms with van der Waals surface area (Å²) in [4.78, 5) is 24.5. The zero-order valence-electron chi connectivity index (χ0n) is 17.8. The second kappa shape index (κ2) is 7.43. The molecule has 0 unspecified atom stereocenters. The molecule has 0 atom stereocenters. The summed E-state index contributed by atoms with van der Waals surface area (Å²) in [6, 6.07) is 5.97. The van der Waals surface area contributed by atoms with Crippen LogP contribution < -0.4 is 10.4 Å². The monoisotopic (exact) mass is 424 g/mol. The van der Waals surface area contributed by atoms with Crippen molar-refractivity contribution in [2.75, 3.05) is 5.01 Å². The van der Waals surface area contributed by atoms with E-state index in [0.29, 0.717) is 11.6 Å². The molecule has 4 rings (SSSR count). The van der Waals surface area contributed by atoms with E-state index in [9.17, 15) is 9.59 Å². The number of rotatable bonds is 4. The Kier molecular flexibility index (Phi) is 5.06. The molecule has 0 N–H and O–H groups in total. The SMILES string of the molecule is CC(=O)c1cn2c(cc1=O)-c1cc(Cl)c(-c3cnn(C(C)C)c3)cc1CN2C(C)C. The van der Waals surface area contributed by atoms with Gasteiger partial charge in [-0.25, -0.2) is 0 Å². The van der Waals surface area contributed by atoms with E-state index in [1.807, 2.05) is 27.8 Å². The molecule has 0 saturated carbocycles. The van der Waals surface area contributed by atoms with Crippen molar-refractivity contribution in [3.8, 4) is 22.4 Å². The molecule has 156 valence electrons. The molecule has 0 amide bonds. The average molecular weight is 425 g/mol. The predicted octanol–water partition coefficient (Wildman–Crippen LogP) is 4.68. The van der Waals surface area contributed by atoms with E-state index < -0.39 is 0 Å². The van der Waals surface area contributed by atoms with Crippen molar-refractivity contribution in [1.82, 2.24) is 14.5 Å². The number of Topliss-reactive ketones (excluding diaryl/α,β-unsaturated/α-hetero) is 1. The van der Waals surface area contributed by atoms with Crippen LogP contribution >= 0.6 is 11.6 Å². The fourth-order valence-corrected chi connectivity index (χ4v) is 4.12. The molecule has 0 radical (unpaired) electrons. The molecule has 1 aliphatic heterocycles. The molecule has 1 aliphatic rings. The maximum Gasteiger partial charge on any atom is 0.193 e. The lowest BCUT2D eigenvalue weighted by molar-refractivity contribution is 0.101. The first kappa shape index (κ1) is 20.4. The van der Waals surface area contributed by atoms with E-state index in [0.717, 1.165) is 27.9 Å². The molecule has 0 saturated heterocycles. The third kappa shape index (κ3) is 3.35. The molecule has 30 heavy (non-hydrogen) atoms. The number of halogens is 1. The van der Waals surface area contributed by atoms with Crippen LogP contribution in [0, 0.1) is 0 Å². The van der Waals surface area contributed by atoms with Gasteiger partial charge < -0.3 is 5.01 Å². The topological polar surface area (TPSA) is 60.1 Å². The second-order valence-electron chi connectivity index (χ2n) is 8.32. The third-order valence-electron chi connectivity index (χ3n) is 5.53. The van der Waals surface area contributed by atoms with Crippen LogP contribution in [0.3, 0.4) is 0 Å². The van der Waals surface area contributed by atoms with Crippen molar-refractivity contribution in [3.63, 3.8) is 0 Å². The summed E-state index contributed by atoms with van der Waals surface area (Å²) in [5.74, 6) is -0.236. The fourth-order valence-electron chi connectivity index (χ4n) is 3.85. The highest BCUT2D eigenvalue weighted by atomic mass is 35.5. The Morgan fingerprint density at radius 3 is 2.40 bits per heavy atom. The van der Waals surface area contributed by atoms with Crippen LogP contribution in [0.4, 0.5) is 0 Å². The molecule has 0 fully saturated rings. The summed E-state index contributed by atoms with van der Waals surface area (Å²) in [6.07, 6.45) is 5.48. The number of hydrogen-bond acceptors (Lipinski definition) is 4. The molecular weight excluding hydrogens is 400 g/mol. The third-order valence-corrected chi connectivity index (χ3v) is 5.84. The first-order chi connectivity index (χ1) is 14.2. The van der Waals surface area contributed by atoms with Crippen molar-refractivity contribution in [1.29, 1.82) is 0 Å². The molecule has 3 heterocycles. The minimum Gasteiger partial charge on any atom is -0.306 e. The van der Waals surface area contributed by atoms with Gasteiger partial charge in [0.1, 0.15) is 0 Å². The Balaban J connectivity index is 1.91. The smallest absolute Gasteiger partial charge is 0.193 e. The van der Waals surface area contributed by atoms with Crippen LogP contribution in [-0.2, 0) is 6.54 Å². The lowest BCUT2D eigenvalue weighted by Crippen LogP contribution is -2.44. The molecule has 1 aromatic carbocycles. The number of benzene rings is 1. The van der Waals surface area contributed by atoms with E-state index in [-0.39, 0.29) is 28.9 Å².